The molecule has 0 atom stereocenters. The fourth-order valence-corrected chi connectivity index (χ4v) is 1.81. The van der Waals surface area contributed by atoms with E-state index in [0.717, 1.165) is 5.56 Å². The number of esters is 2. The van der Waals surface area contributed by atoms with Crippen molar-refractivity contribution in [2.75, 3.05) is 12.3 Å². The molecule has 0 aliphatic carbocycles. The van der Waals surface area contributed by atoms with Crippen molar-refractivity contribution < 1.29 is 19.1 Å². The van der Waals surface area contributed by atoms with Crippen molar-refractivity contribution in [2.24, 2.45) is 0 Å². The molecule has 0 aromatic heterocycles. The molecule has 2 N–H and O–H groups in total. The monoisotopic (exact) mass is 293 g/mol. The lowest BCUT2D eigenvalue weighted by molar-refractivity contribution is -0.143. The first-order chi connectivity index (χ1) is 9.74. The molecule has 0 saturated heterocycles. The molecule has 0 spiro atoms. The van der Waals surface area contributed by atoms with Crippen LogP contribution in [0, 0.1) is 0 Å². The van der Waals surface area contributed by atoms with Crippen LogP contribution in [0.5, 0.6) is 0 Å². The normalized spacial score (nSPS) is 11.0. The molecular formula is C16H23NO4. The van der Waals surface area contributed by atoms with Gasteiger partial charge in [-0.15, -0.1) is 0 Å². The minimum atomic E-state index is -0.579. The SMILES string of the molecule is CCOC(=O)CCc1cccc(C(=O)OC(C)(C)C)c1N. The molecule has 0 aliphatic heterocycles. The van der Waals surface area contributed by atoms with E-state index in [9.17, 15) is 9.59 Å². The number of benzene rings is 1. The van der Waals surface area contributed by atoms with Gasteiger partial charge in [0.15, 0.2) is 0 Å². The highest BCUT2D eigenvalue weighted by molar-refractivity contribution is 5.96. The van der Waals surface area contributed by atoms with Crippen LogP contribution in [0.3, 0.4) is 0 Å². The largest absolute Gasteiger partial charge is 0.466 e. The van der Waals surface area contributed by atoms with Gasteiger partial charge in [0.25, 0.3) is 0 Å². The summed E-state index contributed by atoms with van der Waals surface area (Å²) in [5.74, 6) is -0.738. The van der Waals surface area contributed by atoms with E-state index >= 15 is 0 Å². The Hall–Kier alpha value is -2.04. The summed E-state index contributed by atoms with van der Waals surface area (Å²) in [5.41, 5.74) is 6.86. The first kappa shape index (κ1) is 17.0. The van der Waals surface area contributed by atoms with E-state index in [2.05, 4.69) is 0 Å². The van der Waals surface area contributed by atoms with Crippen LogP contribution in [0.2, 0.25) is 0 Å². The summed E-state index contributed by atoms with van der Waals surface area (Å²) in [6.07, 6.45) is 0.664. The molecule has 116 valence electrons. The maximum absolute atomic E-state index is 12.1. The first-order valence-corrected chi connectivity index (χ1v) is 7.01. The number of nitrogen functional groups attached to an aromatic ring is 1. The fraction of sp³-hybridized carbons (Fsp3) is 0.500. The van der Waals surface area contributed by atoms with E-state index in [4.69, 9.17) is 15.2 Å². The minimum absolute atomic E-state index is 0.232. The van der Waals surface area contributed by atoms with E-state index in [1.54, 1.807) is 45.9 Å². The molecule has 0 heterocycles. The summed E-state index contributed by atoms with van der Waals surface area (Å²) in [6.45, 7) is 7.50. The van der Waals surface area contributed by atoms with Crippen molar-refractivity contribution in [3.8, 4) is 0 Å². The third-order valence-corrected chi connectivity index (χ3v) is 2.72. The first-order valence-electron chi connectivity index (χ1n) is 7.01. The van der Waals surface area contributed by atoms with Gasteiger partial charge < -0.3 is 15.2 Å². The molecule has 1 rings (SSSR count). The Balaban J connectivity index is 2.83. The zero-order chi connectivity index (χ0) is 16.0. The quantitative estimate of drug-likeness (QED) is 0.667. The van der Waals surface area contributed by atoms with Gasteiger partial charge in [-0.2, -0.15) is 0 Å². The third kappa shape index (κ3) is 5.45. The second-order valence-electron chi connectivity index (χ2n) is 5.69. The number of nitrogens with two attached hydrogens (primary N) is 1. The maximum atomic E-state index is 12.1. The van der Waals surface area contributed by atoms with Gasteiger partial charge in [-0.1, -0.05) is 12.1 Å². The number of rotatable bonds is 5. The van der Waals surface area contributed by atoms with Gasteiger partial charge >= 0.3 is 11.9 Å². The molecule has 5 heteroatoms. The second-order valence-corrected chi connectivity index (χ2v) is 5.69. The van der Waals surface area contributed by atoms with E-state index in [1.165, 1.54) is 0 Å². The molecule has 0 amide bonds. The zero-order valence-electron chi connectivity index (χ0n) is 13.1. The van der Waals surface area contributed by atoms with Crippen LogP contribution in [-0.4, -0.2) is 24.1 Å². The van der Waals surface area contributed by atoms with Crippen LogP contribution in [0.15, 0.2) is 18.2 Å². The predicted octanol–water partition coefficient (Wildman–Crippen LogP) is 2.72. The lowest BCUT2D eigenvalue weighted by atomic mass is 10.0. The third-order valence-electron chi connectivity index (χ3n) is 2.72. The Morgan fingerprint density at radius 2 is 1.90 bits per heavy atom. The van der Waals surface area contributed by atoms with E-state index in [0.29, 0.717) is 24.3 Å². The van der Waals surface area contributed by atoms with Crippen LogP contribution < -0.4 is 5.73 Å². The predicted molar refractivity (Wildman–Crippen MR) is 81.0 cm³/mol. The average molecular weight is 293 g/mol. The highest BCUT2D eigenvalue weighted by atomic mass is 16.6. The molecule has 0 radical (unpaired) electrons. The van der Waals surface area contributed by atoms with Crippen molar-refractivity contribution in [2.45, 2.75) is 46.1 Å². The number of carbonyl (C=O) groups excluding carboxylic acids is 2. The van der Waals surface area contributed by atoms with Crippen LogP contribution in [-0.2, 0) is 20.7 Å². The highest BCUT2D eigenvalue weighted by Crippen LogP contribution is 2.22. The second kappa shape index (κ2) is 7.11. The lowest BCUT2D eigenvalue weighted by Crippen LogP contribution is -2.24. The number of hydrogen-bond acceptors (Lipinski definition) is 5. The van der Waals surface area contributed by atoms with Gasteiger partial charge in [0.1, 0.15) is 5.60 Å². The molecule has 0 unspecified atom stereocenters. The summed E-state index contributed by atoms with van der Waals surface area (Å²) >= 11 is 0. The standard InChI is InChI=1S/C16H23NO4/c1-5-20-13(18)10-9-11-7-6-8-12(14(11)17)15(19)21-16(2,3)4/h6-8H,5,9-10,17H2,1-4H3. The van der Waals surface area contributed by atoms with Gasteiger partial charge in [0.2, 0.25) is 0 Å². The van der Waals surface area contributed by atoms with Gasteiger partial charge in [-0.25, -0.2) is 4.79 Å². The summed E-state index contributed by atoms with van der Waals surface area (Å²) in [4.78, 5) is 23.5. The van der Waals surface area contributed by atoms with E-state index in [1.807, 2.05) is 0 Å². The van der Waals surface area contributed by atoms with Gasteiger partial charge in [-0.05, 0) is 45.7 Å². The number of hydrogen-bond donors (Lipinski definition) is 1. The van der Waals surface area contributed by atoms with Gasteiger partial charge in [0, 0.05) is 12.1 Å². The molecule has 21 heavy (non-hydrogen) atoms. The van der Waals surface area contributed by atoms with Crippen molar-refractivity contribution in [3.05, 3.63) is 29.3 Å². The molecule has 0 saturated carbocycles. The smallest absolute Gasteiger partial charge is 0.340 e. The summed E-state index contributed by atoms with van der Waals surface area (Å²) < 4.78 is 10.2. The zero-order valence-corrected chi connectivity index (χ0v) is 13.1. The molecule has 0 fully saturated rings. The summed E-state index contributed by atoms with van der Waals surface area (Å²) in [5, 5.41) is 0. The van der Waals surface area contributed by atoms with Crippen LogP contribution >= 0.6 is 0 Å². The fourth-order valence-electron chi connectivity index (χ4n) is 1.81. The van der Waals surface area contributed by atoms with E-state index in [-0.39, 0.29) is 12.4 Å². The number of anilines is 1. The molecular weight excluding hydrogens is 270 g/mol. The maximum Gasteiger partial charge on any atom is 0.340 e. The lowest BCUT2D eigenvalue weighted by Gasteiger charge is -2.20. The van der Waals surface area contributed by atoms with Crippen molar-refractivity contribution in [1.82, 2.24) is 0 Å². The van der Waals surface area contributed by atoms with Crippen LogP contribution in [0.4, 0.5) is 5.69 Å². The number of carbonyl (C=O) groups is 2. The van der Waals surface area contributed by atoms with Crippen molar-refractivity contribution in [3.63, 3.8) is 0 Å². The number of aryl methyl sites for hydroxylation is 1. The Morgan fingerprint density at radius 1 is 1.24 bits per heavy atom. The summed E-state index contributed by atoms with van der Waals surface area (Å²) in [6, 6.07) is 5.15. The molecule has 0 bridgehead atoms. The Morgan fingerprint density at radius 3 is 2.48 bits per heavy atom. The Kier molecular flexibility index (Phi) is 5.76. The Labute approximate surface area is 125 Å². The molecule has 1 aromatic rings. The van der Waals surface area contributed by atoms with Gasteiger partial charge in [-0.3, -0.25) is 4.79 Å². The minimum Gasteiger partial charge on any atom is -0.466 e. The molecule has 5 nitrogen and oxygen atoms in total. The molecule has 0 aliphatic rings. The number of para-hydroxylation sites is 1. The average Bonchev–Trinajstić information content (AvgIpc) is 2.35. The van der Waals surface area contributed by atoms with Gasteiger partial charge in [0.05, 0.1) is 12.2 Å². The Bertz CT molecular complexity index is 517. The molecule has 1 aromatic carbocycles. The highest BCUT2D eigenvalue weighted by Gasteiger charge is 2.20. The van der Waals surface area contributed by atoms with E-state index < -0.39 is 11.6 Å². The van der Waals surface area contributed by atoms with Crippen molar-refractivity contribution in [1.29, 1.82) is 0 Å². The topological polar surface area (TPSA) is 78.6 Å². The number of ether oxygens (including phenoxy) is 2. The summed E-state index contributed by atoms with van der Waals surface area (Å²) in [7, 11) is 0. The van der Waals surface area contributed by atoms with Crippen LogP contribution in [0.1, 0.15) is 50.0 Å². The van der Waals surface area contributed by atoms with Crippen molar-refractivity contribution >= 4 is 17.6 Å². The van der Waals surface area contributed by atoms with Crippen LogP contribution in [0.25, 0.3) is 0 Å².